The Kier molecular flexibility index (Phi) is 5.59. The van der Waals surface area contributed by atoms with E-state index >= 15 is 0 Å². The number of aliphatic hydroxyl groups excluding tert-OH is 1. The summed E-state index contributed by atoms with van der Waals surface area (Å²) in [5.74, 6) is 0. The summed E-state index contributed by atoms with van der Waals surface area (Å²) in [6, 6.07) is 12.7. The summed E-state index contributed by atoms with van der Waals surface area (Å²) >= 11 is 1.55. The van der Waals surface area contributed by atoms with Gasteiger partial charge in [-0.1, -0.05) is 30.3 Å². The lowest BCUT2D eigenvalue weighted by Crippen LogP contribution is -2.51. The molecule has 5 nitrogen and oxygen atoms in total. The van der Waals surface area contributed by atoms with E-state index in [0.29, 0.717) is 0 Å². The van der Waals surface area contributed by atoms with Crippen LogP contribution < -0.4 is 0 Å². The zero-order chi connectivity index (χ0) is 16.9. The Labute approximate surface area is 146 Å². The van der Waals surface area contributed by atoms with Gasteiger partial charge in [0.1, 0.15) is 17.2 Å². The van der Waals surface area contributed by atoms with E-state index in [1.54, 1.807) is 18.3 Å². The molecule has 1 aliphatic heterocycles. The fraction of sp³-hybridized carbons (Fsp3) is 0.444. The molecule has 0 unspecified atom stereocenters. The van der Waals surface area contributed by atoms with Gasteiger partial charge in [0.2, 0.25) is 0 Å². The number of hydrogen-bond donors (Lipinski definition) is 1. The highest BCUT2D eigenvalue weighted by Crippen LogP contribution is 2.22. The lowest BCUT2D eigenvalue weighted by Gasteiger charge is -2.38. The number of hydrogen-bond acceptors (Lipinski definition) is 6. The molecule has 2 aromatic rings. The predicted molar refractivity (Wildman–Crippen MR) is 94.3 cm³/mol. The second-order valence-electron chi connectivity index (χ2n) is 6.18. The quantitative estimate of drug-likeness (QED) is 0.904. The van der Waals surface area contributed by atoms with Crippen LogP contribution in [0.3, 0.4) is 0 Å². The zero-order valence-corrected chi connectivity index (χ0v) is 14.6. The van der Waals surface area contributed by atoms with Gasteiger partial charge in [0.05, 0.1) is 6.07 Å². The standard InChI is InChI=1S/C18H22N4OS/c1-14(23)18-20-10-17(24-18)13-21-7-8-22(16(9-19)12-21)11-15-5-3-2-4-6-15/h2-6,10,14,16,23H,7-8,11-13H2,1H3/t14-,16+/m0/s1. The smallest absolute Gasteiger partial charge is 0.121 e. The minimum absolute atomic E-state index is 0.0943. The topological polar surface area (TPSA) is 63.4 Å². The first-order valence-electron chi connectivity index (χ1n) is 8.18. The van der Waals surface area contributed by atoms with Gasteiger partial charge in [-0.3, -0.25) is 9.80 Å². The molecule has 1 saturated heterocycles. The van der Waals surface area contributed by atoms with Crippen molar-refractivity contribution in [1.29, 1.82) is 5.26 Å². The van der Waals surface area contributed by atoms with Crippen LogP contribution in [0.2, 0.25) is 0 Å². The second-order valence-corrected chi connectivity index (χ2v) is 7.32. The summed E-state index contributed by atoms with van der Waals surface area (Å²) in [7, 11) is 0. The van der Waals surface area contributed by atoms with Crippen molar-refractivity contribution in [3.05, 3.63) is 52.0 Å². The summed E-state index contributed by atoms with van der Waals surface area (Å²) in [6.07, 6.45) is 1.32. The van der Waals surface area contributed by atoms with E-state index in [-0.39, 0.29) is 6.04 Å². The minimum atomic E-state index is -0.515. The van der Waals surface area contributed by atoms with Crippen LogP contribution in [0.5, 0.6) is 0 Å². The van der Waals surface area contributed by atoms with Crippen LogP contribution >= 0.6 is 11.3 Å². The van der Waals surface area contributed by atoms with Crippen LogP contribution in [0.4, 0.5) is 0 Å². The van der Waals surface area contributed by atoms with Crippen molar-refractivity contribution in [3.8, 4) is 6.07 Å². The Balaban J connectivity index is 1.59. The van der Waals surface area contributed by atoms with Gasteiger partial charge in [0.25, 0.3) is 0 Å². The molecule has 1 aliphatic rings. The van der Waals surface area contributed by atoms with Crippen molar-refractivity contribution >= 4 is 11.3 Å². The Hall–Kier alpha value is -1.78. The summed E-state index contributed by atoms with van der Waals surface area (Å²) in [6.45, 7) is 5.91. The largest absolute Gasteiger partial charge is 0.386 e. The monoisotopic (exact) mass is 342 g/mol. The average molecular weight is 342 g/mol. The number of rotatable bonds is 5. The maximum atomic E-state index is 9.58. The van der Waals surface area contributed by atoms with Gasteiger partial charge in [-0.15, -0.1) is 11.3 Å². The van der Waals surface area contributed by atoms with Crippen molar-refractivity contribution in [3.63, 3.8) is 0 Å². The van der Waals surface area contributed by atoms with Crippen LogP contribution in [0.15, 0.2) is 36.5 Å². The van der Waals surface area contributed by atoms with Crippen molar-refractivity contribution in [2.75, 3.05) is 19.6 Å². The molecule has 1 aromatic heterocycles. The lowest BCUT2D eigenvalue weighted by atomic mass is 10.1. The third kappa shape index (κ3) is 4.19. The molecule has 0 spiro atoms. The maximum Gasteiger partial charge on any atom is 0.121 e. The van der Waals surface area contributed by atoms with Crippen LogP contribution in [0, 0.1) is 11.3 Å². The summed E-state index contributed by atoms with van der Waals surface area (Å²) in [5, 5.41) is 19.9. The van der Waals surface area contributed by atoms with Gasteiger partial charge in [-0.05, 0) is 12.5 Å². The van der Waals surface area contributed by atoms with E-state index in [0.717, 1.165) is 42.6 Å². The number of piperazine rings is 1. The molecule has 1 fully saturated rings. The molecule has 0 bridgehead atoms. The maximum absolute atomic E-state index is 9.58. The third-order valence-electron chi connectivity index (χ3n) is 4.26. The summed E-state index contributed by atoms with van der Waals surface area (Å²) in [4.78, 5) is 9.95. The number of nitriles is 1. The highest BCUT2D eigenvalue weighted by Gasteiger charge is 2.27. The molecule has 126 valence electrons. The van der Waals surface area contributed by atoms with Gasteiger partial charge in [0, 0.05) is 43.8 Å². The van der Waals surface area contributed by atoms with Crippen molar-refractivity contribution in [1.82, 2.24) is 14.8 Å². The molecule has 0 aliphatic carbocycles. The Morgan fingerprint density at radius 2 is 2.12 bits per heavy atom. The van der Waals surface area contributed by atoms with E-state index in [2.05, 4.69) is 33.0 Å². The van der Waals surface area contributed by atoms with Crippen molar-refractivity contribution in [2.24, 2.45) is 0 Å². The van der Waals surface area contributed by atoms with Crippen LogP contribution in [-0.2, 0) is 13.1 Å². The molecule has 0 amide bonds. The Morgan fingerprint density at radius 1 is 1.33 bits per heavy atom. The molecule has 24 heavy (non-hydrogen) atoms. The molecule has 0 radical (unpaired) electrons. The highest BCUT2D eigenvalue weighted by molar-refractivity contribution is 7.11. The third-order valence-corrected chi connectivity index (χ3v) is 5.41. The van der Waals surface area contributed by atoms with Crippen molar-refractivity contribution in [2.45, 2.75) is 32.2 Å². The fourth-order valence-electron chi connectivity index (χ4n) is 2.96. The Morgan fingerprint density at radius 3 is 2.79 bits per heavy atom. The van der Waals surface area contributed by atoms with Gasteiger partial charge in [-0.25, -0.2) is 4.98 Å². The van der Waals surface area contributed by atoms with E-state index in [1.165, 1.54) is 5.56 Å². The number of nitrogens with zero attached hydrogens (tertiary/aromatic N) is 4. The first-order chi connectivity index (χ1) is 11.7. The van der Waals surface area contributed by atoms with Gasteiger partial charge < -0.3 is 5.11 Å². The van der Waals surface area contributed by atoms with E-state index in [1.807, 2.05) is 24.4 Å². The van der Waals surface area contributed by atoms with E-state index < -0.39 is 6.10 Å². The van der Waals surface area contributed by atoms with E-state index in [9.17, 15) is 10.4 Å². The minimum Gasteiger partial charge on any atom is -0.386 e. The fourth-order valence-corrected chi connectivity index (χ4v) is 3.86. The molecular weight excluding hydrogens is 320 g/mol. The van der Waals surface area contributed by atoms with E-state index in [4.69, 9.17) is 0 Å². The zero-order valence-electron chi connectivity index (χ0n) is 13.8. The highest BCUT2D eigenvalue weighted by atomic mass is 32.1. The molecule has 3 rings (SSSR count). The lowest BCUT2D eigenvalue weighted by molar-refractivity contribution is 0.0908. The second kappa shape index (κ2) is 7.86. The molecule has 1 aromatic carbocycles. The molecule has 0 saturated carbocycles. The number of aliphatic hydroxyl groups is 1. The average Bonchev–Trinajstić information content (AvgIpc) is 3.06. The van der Waals surface area contributed by atoms with Crippen LogP contribution in [-0.4, -0.2) is 45.6 Å². The van der Waals surface area contributed by atoms with Gasteiger partial charge >= 0.3 is 0 Å². The molecule has 6 heteroatoms. The van der Waals surface area contributed by atoms with Gasteiger partial charge in [0.15, 0.2) is 0 Å². The number of thiazole rings is 1. The summed E-state index contributed by atoms with van der Waals surface area (Å²) in [5.41, 5.74) is 1.25. The first-order valence-corrected chi connectivity index (χ1v) is 9.00. The Bertz CT molecular complexity index is 695. The first kappa shape index (κ1) is 17.1. The molecular formula is C18H22N4OS. The van der Waals surface area contributed by atoms with Crippen molar-refractivity contribution < 1.29 is 5.11 Å². The SMILES string of the molecule is C[C@H](O)c1ncc(CN2CCN(Cc3ccccc3)[C@H](C#N)C2)s1. The number of benzene rings is 1. The van der Waals surface area contributed by atoms with Crippen LogP contribution in [0.1, 0.15) is 28.5 Å². The molecule has 2 atom stereocenters. The molecule has 2 heterocycles. The van der Waals surface area contributed by atoms with Gasteiger partial charge in [-0.2, -0.15) is 5.26 Å². The van der Waals surface area contributed by atoms with Crippen LogP contribution in [0.25, 0.3) is 0 Å². The molecule has 1 N–H and O–H groups in total. The summed E-state index contributed by atoms with van der Waals surface area (Å²) < 4.78 is 0. The predicted octanol–water partition coefficient (Wildman–Crippen LogP) is 2.41. The normalized spacial score (nSPS) is 20.6. The number of aromatic nitrogens is 1.